The van der Waals surface area contributed by atoms with Crippen LogP contribution in [-0.2, 0) is 0 Å². The molecule has 0 spiro atoms. The Morgan fingerprint density at radius 2 is 1.94 bits per heavy atom. The zero-order chi connectivity index (χ0) is 12.3. The average Bonchev–Trinajstić information content (AvgIpc) is 2.17. The van der Waals surface area contributed by atoms with Crippen LogP contribution < -0.4 is 4.90 Å². The van der Waals surface area contributed by atoms with Crippen LogP contribution in [0.15, 0.2) is 22.7 Å². The fraction of sp³-hybridized carbons (Fsp3) is 0.538. The lowest BCUT2D eigenvalue weighted by Gasteiger charge is -2.28. The summed E-state index contributed by atoms with van der Waals surface area (Å²) >= 11 is 3.51. The number of halogens is 1. The predicted molar refractivity (Wildman–Crippen MR) is 72.9 cm³/mol. The minimum atomic E-state index is -0.433. The van der Waals surface area contributed by atoms with E-state index in [1.807, 2.05) is 6.07 Å². The van der Waals surface area contributed by atoms with Gasteiger partial charge in [-0.2, -0.15) is 0 Å². The maximum atomic E-state index is 9.56. The Morgan fingerprint density at radius 3 is 2.31 bits per heavy atom. The van der Waals surface area contributed by atoms with E-state index in [0.717, 1.165) is 16.6 Å². The molecule has 0 aromatic heterocycles. The second kappa shape index (κ2) is 5.69. The van der Waals surface area contributed by atoms with E-state index < -0.39 is 6.10 Å². The lowest BCUT2D eigenvalue weighted by atomic mass is 10.1. The highest BCUT2D eigenvalue weighted by Gasteiger charge is 2.11. The van der Waals surface area contributed by atoms with Crippen molar-refractivity contribution in [3.8, 4) is 0 Å². The van der Waals surface area contributed by atoms with E-state index in [1.165, 1.54) is 5.69 Å². The summed E-state index contributed by atoms with van der Waals surface area (Å²) in [5, 5.41) is 9.56. The fourth-order valence-corrected chi connectivity index (χ4v) is 2.58. The Balaban J connectivity index is 3.04. The van der Waals surface area contributed by atoms with Gasteiger partial charge < -0.3 is 10.0 Å². The zero-order valence-electron chi connectivity index (χ0n) is 10.4. The fourth-order valence-electron chi connectivity index (χ4n) is 1.88. The van der Waals surface area contributed by atoms with Crippen LogP contribution in [-0.4, -0.2) is 17.7 Å². The van der Waals surface area contributed by atoms with Gasteiger partial charge in [0.05, 0.1) is 6.10 Å². The second-order valence-electron chi connectivity index (χ2n) is 4.26. The van der Waals surface area contributed by atoms with Crippen molar-refractivity contribution in [3.63, 3.8) is 0 Å². The summed E-state index contributed by atoms with van der Waals surface area (Å²) in [4.78, 5) is 2.32. The molecular formula is C13H20BrNO. The normalized spacial score (nSPS) is 12.9. The molecular weight excluding hydrogens is 266 g/mol. The van der Waals surface area contributed by atoms with Gasteiger partial charge in [-0.15, -0.1) is 0 Å². The van der Waals surface area contributed by atoms with Crippen LogP contribution in [0.25, 0.3) is 0 Å². The summed E-state index contributed by atoms with van der Waals surface area (Å²) < 4.78 is 0.971. The molecule has 0 heterocycles. The second-order valence-corrected chi connectivity index (χ2v) is 5.12. The van der Waals surface area contributed by atoms with Gasteiger partial charge in [0.1, 0.15) is 0 Å². The van der Waals surface area contributed by atoms with Crippen LogP contribution in [0.3, 0.4) is 0 Å². The van der Waals surface area contributed by atoms with E-state index in [-0.39, 0.29) is 0 Å². The maximum absolute atomic E-state index is 9.56. The molecule has 0 aliphatic carbocycles. The molecule has 0 aliphatic heterocycles. The summed E-state index contributed by atoms with van der Waals surface area (Å²) in [6, 6.07) is 6.60. The van der Waals surface area contributed by atoms with Crippen LogP contribution >= 0.6 is 15.9 Å². The first-order valence-electron chi connectivity index (χ1n) is 5.71. The van der Waals surface area contributed by atoms with E-state index in [9.17, 15) is 5.11 Å². The molecule has 1 aromatic rings. The number of anilines is 1. The topological polar surface area (TPSA) is 23.5 Å². The zero-order valence-corrected chi connectivity index (χ0v) is 12.0. The molecule has 90 valence electrons. The van der Waals surface area contributed by atoms with Gasteiger partial charge in [0.2, 0.25) is 0 Å². The number of rotatable bonds is 4. The van der Waals surface area contributed by atoms with Crippen molar-refractivity contribution in [2.24, 2.45) is 0 Å². The van der Waals surface area contributed by atoms with Crippen LogP contribution in [0.5, 0.6) is 0 Å². The molecule has 1 N–H and O–H groups in total. The molecule has 0 saturated carbocycles. The first-order chi connectivity index (χ1) is 7.47. The first kappa shape index (κ1) is 13.5. The SMILES string of the molecule is CCN(c1ccc(C(C)O)c(Br)c1)C(C)C. The third-order valence-electron chi connectivity index (χ3n) is 2.73. The molecule has 1 rings (SSSR count). The van der Waals surface area contributed by atoms with Gasteiger partial charge in [0.15, 0.2) is 0 Å². The smallest absolute Gasteiger partial charge is 0.0772 e. The van der Waals surface area contributed by atoms with Crippen molar-refractivity contribution < 1.29 is 5.11 Å². The molecule has 2 nitrogen and oxygen atoms in total. The summed E-state index contributed by atoms with van der Waals surface area (Å²) in [5.41, 5.74) is 2.12. The number of hydrogen-bond donors (Lipinski definition) is 1. The predicted octanol–water partition coefficient (Wildman–Crippen LogP) is 3.74. The molecule has 0 amide bonds. The highest BCUT2D eigenvalue weighted by Crippen LogP contribution is 2.28. The maximum Gasteiger partial charge on any atom is 0.0772 e. The highest BCUT2D eigenvalue weighted by atomic mass is 79.9. The molecule has 3 heteroatoms. The first-order valence-corrected chi connectivity index (χ1v) is 6.50. The third kappa shape index (κ3) is 2.98. The lowest BCUT2D eigenvalue weighted by molar-refractivity contribution is 0.198. The van der Waals surface area contributed by atoms with Gasteiger partial charge in [0, 0.05) is 22.7 Å². The summed E-state index contributed by atoms with van der Waals surface area (Å²) in [6.07, 6.45) is -0.433. The summed E-state index contributed by atoms with van der Waals surface area (Å²) in [7, 11) is 0. The molecule has 1 unspecified atom stereocenters. The lowest BCUT2D eigenvalue weighted by Crippen LogP contribution is -2.30. The molecule has 0 saturated heterocycles. The van der Waals surface area contributed by atoms with Crippen molar-refractivity contribution >= 4 is 21.6 Å². The number of nitrogens with zero attached hydrogens (tertiary/aromatic N) is 1. The monoisotopic (exact) mass is 285 g/mol. The molecule has 0 aliphatic rings. The Labute approximate surface area is 106 Å². The van der Waals surface area contributed by atoms with E-state index in [1.54, 1.807) is 6.92 Å². The van der Waals surface area contributed by atoms with Crippen LogP contribution in [0.1, 0.15) is 39.4 Å². The quantitative estimate of drug-likeness (QED) is 0.911. The van der Waals surface area contributed by atoms with Gasteiger partial charge >= 0.3 is 0 Å². The molecule has 0 fully saturated rings. The largest absolute Gasteiger partial charge is 0.389 e. The van der Waals surface area contributed by atoms with Gasteiger partial charge in [-0.3, -0.25) is 0 Å². The Morgan fingerprint density at radius 1 is 1.31 bits per heavy atom. The summed E-state index contributed by atoms with van der Waals surface area (Å²) in [6.45, 7) is 9.27. The van der Waals surface area contributed by atoms with E-state index in [4.69, 9.17) is 0 Å². The van der Waals surface area contributed by atoms with Crippen LogP contribution in [0.4, 0.5) is 5.69 Å². The van der Waals surface area contributed by atoms with Crippen molar-refractivity contribution in [2.75, 3.05) is 11.4 Å². The van der Waals surface area contributed by atoms with E-state index >= 15 is 0 Å². The average molecular weight is 286 g/mol. The van der Waals surface area contributed by atoms with E-state index in [2.05, 4.69) is 53.7 Å². The molecule has 0 bridgehead atoms. The third-order valence-corrected chi connectivity index (χ3v) is 3.42. The van der Waals surface area contributed by atoms with Gasteiger partial charge in [0.25, 0.3) is 0 Å². The Hall–Kier alpha value is -0.540. The van der Waals surface area contributed by atoms with Crippen molar-refractivity contribution in [1.82, 2.24) is 0 Å². The minimum absolute atomic E-state index is 0.433. The standard InChI is InChI=1S/C13H20BrNO/c1-5-15(9(2)3)11-6-7-12(10(4)16)13(14)8-11/h6-10,16H,5H2,1-4H3. The van der Waals surface area contributed by atoms with Gasteiger partial charge in [-0.1, -0.05) is 22.0 Å². The van der Waals surface area contributed by atoms with Crippen molar-refractivity contribution in [1.29, 1.82) is 0 Å². The van der Waals surface area contributed by atoms with Gasteiger partial charge in [-0.05, 0) is 45.4 Å². The Bertz CT molecular complexity index is 350. The number of benzene rings is 1. The molecule has 1 atom stereocenters. The summed E-state index contributed by atoms with van der Waals surface area (Å²) in [5.74, 6) is 0. The highest BCUT2D eigenvalue weighted by molar-refractivity contribution is 9.10. The molecule has 0 radical (unpaired) electrons. The Kier molecular flexibility index (Phi) is 4.81. The number of aliphatic hydroxyl groups is 1. The van der Waals surface area contributed by atoms with Crippen LogP contribution in [0.2, 0.25) is 0 Å². The van der Waals surface area contributed by atoms with Crippen molar-refractivity contribution in [3.05, 3.63) is 28.2 Å². The van der Waals surface area contributed by atoms with Gasteiger partial charge in [-0.25, -0.2) is 0 Å². The van der Waals surface area contributed by atoms with Crippen LogP contribution in [0, 0.1) is 0 Å². The number of aliphatic hydroxyl groups excluding tert-OH is 1. The molecule has 16 heavy (non-hydrogen) atoms. The number of hydrogen-bond acceptors (Lipinski definition) is 2. The molecule has 1 aromatic carbocycles. The van der Waals surface area contributed by atoms with Crippen molar-refractivity contribution in [2.45, 2.75) is 39.8 Å². The minimum Gasteiger partial charge on any atom is -0.389 e. The van der Waals surface area contributed by atoms with E-state index in [0.29, 0.717) is 6.04 Å².